The first-order chi connectivity index (χ1) is 19.7. The van der Waals surface area contributed by atoms with Gasteiger partial charge in [0.05, 0.1) is 17.6 Å². The van der Waals surface area contributed by atoms with E-state index in [1.807, 2.05) is 54.6 Å². The Hall–Kier alpha value is -4.03. The maximum atomic E-state index is 12.5. The molecule has 0 aliphatic carbocycles. The van der Waals surface area contributed by atoms with E-state index in [-0.39, 0.29) is 18.7 Å². The monoisotopic (exact) mass is 573 g/mol. The van der Waals surface area contributed by atoms with E-state index in [1.54, 1.807) is 37.7 Å². The minimum Gasteiger partial charge on any atom is -0.390 e. The van der Waals surface area contributed by atoms with Crippen molar-refractivity contribution < 1.29 is 19.5 Å². The van der Waals surface area contributed by atoms with Gasteiger partial charge < -0.3 is 14.6 Å². The first-order valence-electron chi connectivity index (χ1n) is 13.1. The molecule has 0 spiro atoms. The summed E-state index contributed by atoms with van der Waals surface area (Å²) >= 11 is 1.59. The number of hydrogen-bond donors (Lipinski definition) is 2. The molecule has 210 valence electrons. The van der Waals surface area contributed by atoms with E-state index < -0.39 is 40.2 Å². The lowest BCUT2D eigenvalue weighted by Crippen LogP contribution is -2.40. The largest absolute Gasteiger partial charge is 0.390 e. The number of aryl methyl sites for hydroxylation is 2. The summed E-state index contributed by atoms with van der Waals surface area (Å²) in [6, 6.07) is 20.6. The number of aliphatic hydroxyl groups is 1. The Kier molecular flexibility index (Phi) is 6.90. The number of nitrogens with zero attached hydrogens (tertiary/aromatic N) is 2. The first kappa shape index (κ1) is 27.2. The summed E-state index contributed by atoms with van der Waals surface area (Å²) < 4.78 is 14.2. The van der Waals surface area contributed by atoms with Crippen LogP contribution in [0.1, 0.15) is 40.5 Å². The average molecular weight is 574 g/mol. The number of benzene rings is 3. The van der Waals surface area contributed by atoms with Crippen molar-refractivity contribution in [2.24, 2.45) is 0 Å². The van der Waals surface area contributed by atoms with Crippen molar-refractivity contribution in [3.8, 4) is 0 Å². The fourth-order valence-electron chi connectivity index (χ4n) is 5.57. The highest BCUT2D eigenvalue weighted by molar-refractivity contribution is 7.99. The van der Waals surface area contributed by atoms with E-state index in [2.05, 4.69) is 4.98 Å². The van der Waals surface area contributed by atoms with Crippen LogP contribution < -0.4 is 11.2 Å². The smallest absolute Gasteiger partial charge is 0.330 e. The second kappa shape index (κ2) is 10.4. The molecule has 0 unspecified atom stereocenters. The topological polar surface area (TPSA) is 137 Å². The normalized spacial score (nSPS) is 20.8. The fourth-order valence-corrected chi connectivity index (χ4v) is 6.75. The predicted octanol–water partition coefficient (Wildman–Crippen LogP) is 4.18. The SMILES string of the molecule is Cc1ccc(C2(OC[C@H]3O[C@@H](n4cc(C)c(=O)[nH]c4=O)C[C@@H]3O)c3ccccc3Sc3ccccc32)cc1[N+](=O)[O-]. The van der Waals surface area contributed by atoms with Gasteiger partial charge in [-0.3, -0.25) is 24.5 Å². The lowest BCUT2D eigenvalue weighted by atomic mass is 9.79. The Labute approximate surface area is 238 Å². The summed E-state index contributed by atoms with van der Waals surface area (Å²) in [5, 5.41) is 22.9. The molecular weight excluding hydrogens is 546 g/mol. The molecule has 11 heteroatoms. The highest BCUT2D eigenvalue weighted by atomic mass is 32.2. The van der Waals surface area contributed by atoms with Crippen LogP contribution in [0.5, 0.6) is 0 Å². The number of fused-ring (bicyclic) bond motifs is 2. The van der Waals surface area contributed by atoms with Gasteiger partial charge in [0.15, 0.2) is 0 Å². The lowest BCUT2D eigenvalue weighted by molar-refractivity contribution is -0.385. The summed E-state index contributed by atoms with van der Waals surface area (Å²) in [6.07, 6.45) is -1.05. The van der Waals surface area contributed by atoms with E-state index in [0.717, 1.165) is 20.9 Å². The number of H-pyrrole nitrogens is 1. The van der Waals surface area contributed by atoms with E-state index in [4.69, 9.17) is 9.47 Å². The van der Waals surface area contributed by atoms with E-state index in [0.29, 0.717) is 16.7 Å². The quantitative estimate of drug-likeness (QED) is 0.259. The molecule has 4 aromatic rings. The summed E-state index contributed by atoms with van der Waals surface area (Å²) in [5.74, 6) is 0. The number of nitro groups is 1. The van der Waals surface area contributed by atoms with Crippen LogP contribution in [0.4, 0.5) is 5.69 Å². The fraction of sp³-hybridized carbons (Fsp3) is 0.267. The van der Waals surface area contributed by atoms with Crippen LogP contribution in [0, 0.1) is 24.0 Å². The lowest BCUT2D eigenvalue weighted by Gasteiger charge is -2.41. The molecule has 2 aliphatic heterocycles. The highest BCUT2D eigenvalue weighted by Gasteiger charge is 2.46. The second-order valence-electron chi connectivity index (χ2n) is 10.3. The van der Waals surface area contributed by atoms with Crippen molar-refractivity contribution in [1.82, 2.24) is 9.55 Å². The maximum absolute atomic E-state index is 12.5. The Morgan fingerprint density at radius 2 is 1.73 bits per heavy atom. The molecule has 0 bridgehead atoms. The Bertz CT molecular complexity index is 1740. The third-order valence-electron chi connectivity index (χ3n) is 7.69. The number of hydrogen-bond acceptors (Lipinski definition) is 8. The van der Waals surface area contributed by atoms with Crippen molar-refractivity contribution >= 4 is 17.4 Å². The van der Waals surface area contributed by atoms with Gasteiger partial charge in [0.25, 0.3) is 11.2 Å². The van der Waals surface area contributed by atoms with Gasteiger partial charge in [-0.1, -0.05) is 60.3 Å². The summed E-state index contributed by atoms with van der Waals surface area (Å²) in [5.41, 5.74) is 0.701. The number of aromatic amines is 1. The molecule has 3 atom stereocenters. The average Bonchev–Trinajstić information content (AvgIpc) is 3.33. The van der Waals surface area contributed by atoms with Crippen LogP contribution in [0.15, 0.2) is 92.3 Å². The molecule has 0 amide bonds. The molecule has 1 aromatic heterocycles. The second-order valence-corrected chi connectivity index (χ2v) is 11.3. The number of aromatic nitrogens is 2. The van der Waals surface area contributed by atoms with Crippen molar-refractivity contribution in [1.29, 1.82) is 0 Å². The number of aliphatic hydroxyl groups excluding tert-OH is 1. The molecular formula is C30H27N3O7S. The molecule has 2 aliphatic rings. The molecule has 0 saturated carbocycles. The Morgan fingerprint density at radius 1 is 1.07 bits per heavy atom. The van der Waals surface area contributed by atoms with Crippen LogP contribution in [-0.2, 0) is 15.1 Å². The molecule has 41 heavy (non-hydrogen) atoms. The molecule has 0 radical (unpaired) electrons. The number of nitro benzene ring substituents is 1. The highest BCUT2D eigenvalue weighted by Crippen LogP contribution is 2.53. The number of nitrogens with one attached hydrogen (secondary N) is 1. The van der Waals surface area contributed by atoms with Crippen molar-refractivity contribution in [3.05, 3.63) is 132 Å². The van der Waals surface area contributed by atoms with Crippen LogP contribution in [-0.4, -0.2) is 38.4 Å². The minimum atomic E-state index is -1.25. The van der Waals surface area contributed by atoms with E-state index in [1.165, 1.54) is 10.8 Å². The number of rotatable bonds is 6. The summed E-state index contributed by atoms with van der Waals surface area (Å²) in [7, 11) is 0. The first-order valence-corrected chi connectivity index (χ1v) is 13.9. The van der Waals surface area contributed by atoms with Gasteiger partial charge in [0.1, 0.15) is 17.9 Å². The zero-order valence-electron chi connectivity index (χ0n) is 22.3. The van der Waals surface area contributed by atoms with Gasteiger partial charge in [-0.25, -0.2) is 4.79 Å². The Balaban J connectivity index is 1.44. The standard InChI is InChI=1S/C30H27N3O7S/c1-17-11-12-19(13-22(17)33(37)38)30(20-7-3-5-9-25(20)41-26-10-6-4-8-21(26)30)39-16-24-23(34)14-27(40-24)32-15-18(2)28(35)31-29(32)36/h3-13,15,23-24,27,34H,14,16H2,1-2H3,(H,31,35,36)/t23-,24+,27+/m0/s1. The van der Waals surface area contributed by atoms with E-state index >= 15 is 0 Å². The predicted molar refractivity (Wildman–Crippen MR) is 151 cm³/mol. The molecule has 1 fully saturated rings. The van der Waals surface area contributed by atoms with Crippen molar-refractivity contribution in [3.63, 3.8) is 0 Å². The van der Waals surface area contributed by atoms with Crippen LogP contribution in [0.3, 0.4) is 0 Å². The van der Waals surface area contributed by atoms with Crippen LogP contribution in [0.2, 0.25) is 0 Å². The third kappa shape index (κ3) is 4.60. The van der Waals surface area contributed by atoms with Crippen molar-refractivity contribution in [2.75, 3.05) is 6.61 Å². The van der Waals surface area contributed by atoms with Gasteiger partial charge in [-0.05, 0) is 31.5 Å². The third-order valence-corrected chi connectivity index (χ3v) is 8.84. The molecule has 3 aromatic carbocycles. The van der Waals surface area contributed by atoms with Gasteiger partial charge >= 0.3 is 5.69 Å². The van der Waals surface area contributed by atoms with Gasteiger partial charge in [-0.2, -0.15) is 0 Å². The minimum absolute atomic E-state index is 0.0244. The Morgan fingerprint density at radius 3 is 2.39 bits per heavy atom. The number of ether oxygens (including phenoxy) is 2. The van der Waals surface area contributed by atoms with Crippen LogP contribution >= 0.6 is 11.8 Å². The zero-order chi connectivity index (χ0) is 28.9. The summed E-state index contributed by atoms with van der Waals surface area (Å²) in [4.78, 5) is 40.0. The van der Waals surface area contributed by atoms with Gasteiger partial charge in [-0.15, -0.1) is 0 Å². The van der Waals surface area contributed by atoms with Gasteiger partial charge in [0, 0.05) is 50.7 Å². The van der Waals surface area contributed by atoms with Gasteiger partial charge in [0.2, 0.25) is 0 Å². The molecule has 10 nitrogen and oxygen atoms in total. The maximum Gasteiger partial charge on any atom is 0.330 e. The van der Waals surface area contributed by atoms with Crippen molar-refractivity contribution in [2.45, 2.75) is 54.1 Å². The summed E-state index contributed by atoms with van der Waals surface area (Å²) in [6.45, 7) is 3.20. The molecule has 3 heterocycles. The molecule has 6 rings (SSSR count). The van der Waals surface area contributed by atoms with Crippen LogP contribution in [0.25, 0.3) is 0 Å². The molecule has 2 N–H and O–H groups in total. The molecule has 1 saturated heterocycles. The van der Waals surface area contributed by atoms with E-state index in [9.17, 15) is 24.8 Å². The zero-order valence-corrected chi connectivity index (χ0v) is 23.1.